The summed E-state index contributed by atoms with van der Waals surface area (Å²) in [5, 5.41) is 2.30. The van der Waals surface area contributed by atoms with Crippen LogP contribution < -0.4 is 5.06 Å². The molecule has 3 aromatic carbocycles. The monoisotopic (exact) mass is 464 g/mol. The lowest BCUT2D eigenvalue weighted by molar-refractivity contribution is -0.143. The van der Waals surface area contributed by atoms with Gasteiger partial charge in [-0.25, -0.2) is 5.06 Å². The summed E-state index contributed by atoms with van der Waals surface area (Å²) in [5.41, 5.74) is 2.58. The Balaban J connectivity index is 1.52. The van der Waals surface area contributed by atoms with Gasteiger partial charge in [0.1, 0.15) is 5.92 Å². The molecular weight excluding hydrogens is 444 g/mol. The molecule has 2 saturated heterocycles. The predicted molar refractivity (Wildman–Crippen MR) is 125 cm³/mol. The molecule has 0 saturated carbocycles. The maximum absolute atomic E-state index is 13.5. The third kappa shape index (κ3) is 3.68. The fourth-order valence-corrected chi connectivity index (χ4v) is 4.88. The third-order valence-corrected chi connectivity index (χ3v) is 6.92. The van der Waals surface area contributed by atoms with Crippen molar-refractivity contribution in [3.8, 4) is 0 Å². The number of nitrogens with zero attached hydrogens (tertiary/aromatic N) is 2. The maximum Gasteiger partial charge on any atom is 0.262 e. The van der Waals surface area contributed by atoms with Crippen LogP contribution in [0.25, 0.3) is 0 Å². The molecule has 0 aliphatic carbocycles. The molecule has 0 radical (unpaired) electrons. The highest BCUT2D eigenvalue weighted by Gasteiger charge is 2.59. The second-order valence-electron chi connectivity index (χ2n) is 7.82. The van der Waals surface area contributed by atoms with Gasteiger partial charge in [0.25, 0.3) is 5.91 Å². The largest absolute Gasteiger partial charge is 0.275 e. The number of amides is 2. The SMILES string of the molecule is CSc1ccc([C@H]2[C@@H]3C(=O)N(Cc4ccccc4)C(=O)[C@H]3ON2c2ccc(Cl)cc2)cc1. The molecule has 0 N–H and O–H groups in total. The van der Waals surface area contributed by atoms with Crippen molar-refractivity contribution in [1.29, 1.82) is 0 Å². The van der Waals surface area contributed by atoms with Gasteiger partial charge in [-0.05, 0) is 53.8 Å². The Morgan fingerprint density at radius 3 is 2.25 bits per heavy atom. The number of halogens is 1. The Morgan fingerprint density at radius 1 is 0.906 bits per heavy atom. The molecule has 0 bridgehead atoms. The van der Waals surface area contributed by atoms with Crippen molar-refractivity contribution in [3.05, 3.63) is 95.0 Å². The highest BCUT2D eigenvalue weighted by molar-refractivity contribution is 7.98. The van der Waals surface area contributed by atoms with E-state index in [0.29, 0.717) is 5.02 Å². The number of thioether (sulfide) groups is 1. The molecule has 2 amide bonds. The number of hydrogen-bond donors (Lipinski definition) is 0. The quantitative estimate of drug-likeness (QED) is 0.388. The molecule has 2 aliphatic heterocycles. The van der Waals surface area contributed by atoms with E-state index in [1.165, 1.54) is 4.90 Å². The van der Waals surface area contributed by atoms with Gasteiger partial charge in [0.05, 0.1) is 18.3 Å². The number of likely N-dealkylation sites (tertiary alicyclic amines) is 1. The minimum atomic E-state index is -0.855. The van der Waals surface area contributed by atoms with Gasteiger partial charge in [-0.3, -0.25) is 19.3 Å². The maximum atomic E-state index is 13.5. The van der Waals surface area contributed by atoms with E-state index in [1.54, 1.807) is 29.0 Å². The van der Waals surface area contributed by atoms with E-state index in [9.17, 15) is 9.59 Å². The zero-order valence-corrected chi connectivity index (χ0v) is 18.9. The summed E-state index contributed by atoms with van der Waals surface area (Å²) in [6.07, 6.45) is 1.16. The van der Waals surface area contributed by atoms with Crippen molar-refractivity contribution in [2.75, 3.05) is 11.3 Å². The average molecular weight is 465 g/mol. The van der Waals surface area contributed by atoms with Gasteiger partial charge in [-0.1, -0.05) is 54.1 Å². The number of imide groups is 1. The molecule has 3 aromatic rings. The summed E-state index contributed by atoms with van der Waals surface area (Å²) in [4.78, 5) is 35.4. The number of benzene rings is 3. The number of fused-ring (bicyclic) bond motifs is 1. The lowest BCUT2D eigenvalue weighted by Gasteiger charge is -2.29. The summed E-state index contributed by atoms with van der Waals surface area (Å²) < 4.78 is 0. The molecule has 162 valence electrons. The van der Waals surface area contributed by atoms with Crippen LogP contribution in [0.5, 0.6) is 0 Å². The van der Waals surface area contributed by atoms with Crippen LogP contribution in [0, 0.1) is 5.92 Å². The van der Waals surface area contributed by atoms with Gasteiger partial charge in [0.2, 0.25) is 5.91 Å². The van der Waals surface area contributed by atoms with Crippen molar-refractivity contribution in [3.63, 3.8) is 0 Å². The minimum Gasteiger partial charge on any atom is -0.275 e. The Labute approximate surface area is 195 Å². The van der Waals surface area contributed by atoms with E-state index >= 15 is 0 Å². The Kier molecular flexibility index (Phi) is 5.67. The van der Waals surface area contributed by atoms with Crippen LogP contribution in [-0.2, 0) is 21.0 Å². The Hall–Kier alpha value is -2.80. The number of rotatable bonds is 5. The number of hydroxylamine groups is 1. The molecule has 0 aromatic heterocycles. The van der Waals surface area contributed by atoms with Gasteiger partial charge in [-0.15, -0.1) is 11.8 Å². The van der Waals surface area contributed by atoms with Gasteiger partial charge in [0.15, 0.2) is 6.10 Å². The fraction of sp³-hybridized carbons (Fsp3) is 0.200. The Morgan fingerprint density at radius 2 is 1.59 bits per heavy atom. The summed E-state index contributed by atoms with van der Waals surface area (Å²) in [6.45, 7) is 0.244. The average Bonchev–Trinajstić information content (AvgIpc) is 3.32. The zero-order valence-electron chi connectivity index (χ0n) is 17.4. The van der Waals surface area contributed by atoms with Gasteiger partial charge in [-0.2, -0.15) is 0 Å². The van der Waals surface area contributed by atoms with Crippen molar-refractivity contribution in [1.82, 2.24) is 4.90 Å². The molecule has 7 heteroatoms. The Bertz CT molecular complexity index is 1140. The van der Waals surface area contributed by atoms with Crippen molar-refractivity contribution < 1.29 is 14.4 Å². The molecular formula is C25H21ClN2O3S. The summed E-state index contributed by atoms with van der Waals surface area (Å²) >= 11 is 7.72. The second-order valence-corrected chi connectivity index (χ2v) is 9.14. The first kappa shape index (κ1) is 21.1. The van der Waals surface area contributed by atoms with Crippen LogP contribution in [0.15, 0.2) is 83.8 Å². The van der Waals surface area contributed by atoms with Gasteiger partial charge in [0, 0.05) is 9.92 Å². The van der Waals surface area contributed by atoms with E-state index in [1.807, 2.05) is 73.0 Å². The third-order valence-electron chi connectivity index (χ3n) is 5.93. The highest BCUT2D eigenvalue weighted by Crippen LogP contribution is 2.47. The number of carbonyl (C=O) groups excluding carboxylic acids is 2. The molecule has 32 heavy (non-hydrogen) atoms. The van der Waals surface area contributed by atoms with Crippen LogP contribution >= 0.6 is 23.4 Å². The predicted octanol–water partition coefficient (Wildman–Crippen LogP) is 5.11. The van der Waals surface area contributed by atoms with Crippen LogP contribution in [0.2, 0.25) is 5.02 Å². The lowest BCUT2D eigenvalue weighted by atomic mass is 9.90. The molecule has 0 unspecified atom stereocenters. The molecule has 5 rings (SSSR count). The number of carbonyl (C=O) groups is 2. The topological polar surface area (TPSA) is 49.9 Å². The number of anilines is 1. The molecule has 2 aliphatic rings. The van der Waals surface area contributed by atoms with Crippen molar-refractivity contribution in [2.24, 2.45) is 5.92 Å². The first-order chi connectivity index (χ1) is 15.6. The van der Waals surface area contributed by atoms with E-state index in [2.05, 4.69) is 0 Å². The fourth-order valence-electron chi connectivity index (χ4n) is 4.35. The van der Waals surface area contributed by atoms with Crippen molar-refractivity contribution >= 4 is 40.9 Å². The highest BCUT2D eigenvalue weighted by atomic mass is 35.5. The molecule has 2 fully saturated rings. The second kappa shape index (κ2) is 8.62. The van der Waals surface area contributed by atoms with Crippen LogP contribution in [0.4, 0.5) is 5.69 Å². The van der Waals surface area contributed by atoms with Gasteiger partial charge >= 0.3 is 0 Å². The molecule has 3 atom stereocenters. The molecule has 0 spiro atoms. The molecule has 5 nitrogen and oxygen atoms in total. The number of hydrogen-bond acceptors (Lipinski definition) is 5. The minimum absolute atomic E-state index is 0.209. The van der Waals surface area contributed by atoms with Gasteiger partial charge < -0.3 is 0 Å². The standard InChI is InChI=1S/C25H21ClN2O3S/c1-32-20-13-7-17(8-14-20)22-21-23(31-28(22)19-11-9-18(26)10-12-19)25(30)27(24(21)29)15-16-5-3-2-4-6-16/h2-14,21-23H,15H2,1H3/t21-,22-,23-/m0/s1. The normalized spacial score (nSPS) is 22.5. The first-order valence-electron chi connectivity index (χ1n) is 10.3. The summed E-state index contributed by atoms with van der Waals surface area (Å²) in [7, 11) is 0. The lowest BCUT2D eigenvalue weighted by Crippen LogP contribution is -2.36. The van der Waals surface area contributed by atoms with Crippen molar-refractivity contribution in [2.45, 2.75) is 23.6 Å². The van der Waals surface area contributed by atoms with E-state index in [4.69, 9.17) is 16.4 Å². The van der Waals surface area contributed by atoms with Crippen LogP contribution in [0.1, 0.15) is 17.2 Å². The smallest absolute Gasteiger partial charge is 0.262 e. The summed E-state index contributed by atoms with van der Waals surface area (Å²) in [5.74, 6) is -1.13. The first-order valence-corrected chi connectivity index (χ1v) is 11.9. The van der Waals surface area contributed by atoms with Crippen LogP contribution in [0.3, 0.4) is 0 Å². The summed E-state index contributed by atoms with van der Waals surface area (Å²) in [6, 6.07) is 24.4. The molecule has 2 heterocycles. The zero-order chi connectivity index (χ0) is 22.2. The van der Waals surface area contributed by atoms with E-state index < -0.39 is 18.1 Å². The van der Waals surface area contributed by atoms with E-state index in [0.717, 1.165) is 21.7 Å². The van der Waals surface area contributed by atoms with E-state index in [-0.39, 0.29) is 18.4 Å². The van der Waals surface area contributed by atoms with Crippen LogP contribution in [-0.4, -0.2) is 29.1 Å².